The number of carbonyl (C=O) groups is 1. The first-order valence-electron chi connectivity index (χ1n) is 7.64. The Morgan fingerprint density at radius 3 is 2.57 bits per heavy atom. The van der Waals surface area contributed by atoms with Gasteiger partial charge in [-0.2, -0.15) is 0 Å². The van der Waals surface area contributed by atoms with Gasteiger partial charge in [0.15, 0.2) is 0 Å². The normalized spacial score (nSPS) is 18.2. The fourth-order valence-corrected chi connectivity index (χ4v) is 3.65. The Morgan fingerprint density at radius 2 is 2.00 bits per heavy atom. The molecular weight excluding hydrogens is 268 g/mol. The minimum Gasteiger partial charge on any atom is -0.496 e. The third kappa shape index (κ3) is 2.59. The maximum atomic E-state index is 11.2. The molecule has 1 unspecified atom stereocenters. The van der Waals surface area contributed by atoms with E-state index in [2.05, 4.69) is 0 Å². The molecule has 1 aromatic carbocycles. The number of hydrogen-bond acceptors (Lipinski definition) is 3. The Kier molecular flexibility index (Phi) is 3.79. The van der Waals surface area contributed by atoms with Crippen molar-refractivity contribution in [3.63, 3.8) is 0 Å². The van der Waals surface area contributed by atoms with Crippen molar-refractivity contribution in [1.29, 1.82) is 0 Å². The molecule has 2 aliphatic carbocycles. The lowest BCUT2D eigenvalue weighted by Crippen LogP contribution is -2.11. The maximum absolute atomic E-state index is 11.2. The molecule has 0 bridgehead atoms. The molecule has 1 N–H and O–H groups in total. The molecule has 0 radical (unpaired) electrons. The molecule has 4 nitrogen and oxygen atoms in total. The van der Waals surface area contributed by atoms with E-state index in [4.69, 9.17) is 9.47 Å². The van der Waals surface area contributed by atoms with Gasteiger partial charge in [-0.05, 0) is 44.1 Å². The SMILES string of the molecule is COc1cc(C(CC(=O)O)C2CC2)c(OC)c2c1CCC2. The smallest absolute Gasteiger partial charge is 0.303 e. The van der Waals surface area contributed by atoms with Crippen molar-refractivity contribution in [3.05, 3.63) is 22.8 Å². The molecule has 1 fully saturated rings. The second kappa shape index (κ2) is 5.58. The van der Waals surface area contributed by atoms with Crippen LogP contribution in [-0.4, -0.2) is 25.3 Å². The van der Waals surface area contributed by atoms with E-state index < -0.39 is 5.97 Å². The number of aliphatic carboxylic acids is 1. The molecule has 1 saturated carbocycles. The average Bonchev–Trinajstić information content (AvgIpc) is 3.19. The van der Waals surface area contributed by atoms with E-state index in [0.29, 0.717) is 5.92 Å². The first kappa shape index (κ1) is 14.2. The zero-order valence-corrected chi connectivity index (χ0v) is 12.6. The summed E-state index contributed by atoms with van der Waals surface area (Å²) in [4.78, 5) is 11.2. The molecule has 21 heavy (non-hydrogen) atoms. The molecular formula is C17H22O4. The fourth-order valence-electron chi connectivity index (χ4n) is 3.65. The van der Waals surface area contributed by atoms with Crippen molar-refractivity contribution in [2.24, 2.45) is 5.92 Å². The summed E-state index contributed by atoms with van der Waals surface area (Å²) in [6, 6.07) is 2.02. The highest BCUT2D eigenvalue weighted by atomic mass is 16.5. The van der Waals surface area contributed by atoms with Crippen molar-refractivity contribution in [2.75, 3.05) is 14.2 Å². The molecule has 0 spiro atoms. The van der Waals surface area contributed by atoms with Gasteiger partial charge in [0.25, 0.3) is 0 Å². The van der Waals surface area contributed by atoms with E-state index in [1.165, 1.54) is 11.1 Å². The van der Waals surface area contributed by atoms with Crippen molar-refractivity contribution < 1.29 is 19.4 Å². The van der Waals surface area contributed by atoms with Gasteiger partial charge in [-0.3, -0.25) is 4.79 Å². The minimum atomic E-state index is -0.742. The number of fused-ring (bicyclic) bond motifs is 1. The van der Waals surface area contributed by atoms with Gasteiger partial charge in [0.2, 0.25) is 0 Å². The molecule has 1 atom stereocenters. The predicted molar refractivity (Wildman–Crippen MR) is 79.3 cm³/mol. The number of methoxy groups -OCH3 is 2. The second-order valence-corrected chi connectivity index (χ2v) is 6.05. The molecule has 3 rings (SSSR count). The lowest BCUT2D eigenvalue weighted by molar-refractivity contribution is -0.137. The molecule has 0 amide bonds. The van der Waals surface area contributed by atoms with Gasteiger partial charge in [-0.15, -0.1) is 0 Å². The summed E-state index contributed by atoms with van der Waals surface area (Å²) < 4.78 is 11.2. The number of hydrogen-bond donors (Lipinski definition) is 1. The zero-order chi connectivity index (χ0) is 15.0. The lowest BCUT2D eigenvalue weighted by Gasteiger charge is -2.22. The van der Waals surface area contributed by atoms with Crippen LogP contribution in [0.3, 0.4) is 0 Å². The van der Waals surface area contributed by atoms with E-state index in [-0.39, 0.29) is 12.3 Å². The van der Waals surface area contributed by atoms with Crippen LogP contribution in [0.25, 0.3) is 0 Å². The highest BCUT2D eigenvalue weighted by molar-refractivity contribution is 5.69. The first-order chi connectivity index (χ1) is 10.2. The first-order valence-corrected chi connectivity index (χ1v) is 7.64. The number of rotatable bonds is 6. The summed E-state index contributed by atoms with van der Waals surface area (Å²) in [5.74, 6) is 1.57. The van der Waals surface area contributed by atoms with E-state index in [0.717, 1.165) is 49.2 Å². The van der Waals surface area contributed by atoms with Gasteiger partial charge >= 0.3 is 5.97 Å². The van der Waals surface area contributed by atoms with Crippen LogP contribution < -0.4 is 9.47 Å². The van der Waals surface area contributed by atoms with Crippen LogP contribution in [0.4, 0.5) is 0 Å². The predicted octanol–water partition coefficient (Wildman–Crippen LogP) is 3.16. The van der Waals surface area contributed by atoms with E-state index in [1.807, 2.05) is 6.07 Å². The van der Waals surface area contributed by atoms with E-state index >= 15 is 0 Å². The highest BCUT2D eigenvalue weighted by Gasteiger charge is 2.37. The molecule has 1 aromatic rings. The van der Waals surface area contributed by atoms with Crippen molar-refractivity contribution >= 4 is 5.97 Å². The molecule has 0 aliphatic heterocycles. The summed E-state index contributed by atoms with van der Waals surface area (Å²) in [6.45, 7) is 0. The molecule has 114 valence electrons. The molecule has 0 aromatic heterocycles. The van der Waals surface area contributed by atoms with Crippen LogP contribution in [0.1, 0.15) is 48.3 Å². The van der Waals surface area contributed by atoms with Crippen LogP contribution in [0, 0.1) is 5.92 Å². The fraction of sp³-hybridized carbons (Fsp3) is 0.588. The molecule has 0 saturated heterocycles. The molecule has 0 heterocycles. The van der Waals surface area contributed by atoms with Gasteiger partial charge in [-0.1, -0.05) is 0 Å². The van der Waals surface area contributed by atoms with Crippen LogP contribution in [0.5, 0.6) is 11.5 Å². The van der Waals surface area contributed by atoms with E-state index in [1.54, 1.807) is 14.2 Å². The van der Waals surface area contributed by atoms with Crippen LogP contribution in [-0.2, 0) is 17.6 Å². The van der Waals surface area contributed by atoms with E-state index in [9.17, 15) is 9.90 Å². The average molecular weight is 290 g/mol. The molecule has 2 aliphatic rings. The minimum absolute atomic E-state index is 0.0391. The Hall–Kier alpha value is -1.71. The summed E-state index contributed by atoms with van der Waals surface area (Å²) in [5, 5.41) is 9.23. The van der Waals surface area contributed by atoms with Gasteiger partial charge in [-0.25, -0.2) is 0 Å². The van der Waals surface area contributed by atoms with Gasteiger partial charge in [0.1, 0.15) is 11.5 Å². The number of carboxylic acid groups (broad SMARTS) is 1. The number of ether oxygens (including phenoxy) is 2. The van der Waals surface area contributed by atoms with Gasteiger partial charge < -0.3 is 14.6 Å². The summed E-state index contributed by atoms with van der Waals surface area (Å²) in [5.41, 5.74) is 3.49. The Balaban J connectivity index is 2.09. The Morgan fingerprint density at radius 1 is 1.29 bits per heavy atom. The third-order valence-electron chi connectivity index (χ3n) is 4.75. The monoisotopic (exact) mass is 290 g/mol. The summed E-state index contributed by atoms with van der Waals surface area (Å²) in [7, 11) is 3.38. The largest absolute Gasteiger partial charge is 0.496 e. The quantitative estimate of drug-likeness (QED) is 0.874. The highest BCUT2D eigenvalue weighted by Crippen LogP contribution is 2.50. The zero-order valence-electron chi connectivity index (χ0n) is 12.6. The van der Waals surface area contributed by atoms with Crippen LogP contribution in [0.15, 0.2) is 6.07 Å². The summed E-state index contributed by atoms with van der Waals surface area (Å²) >= 11 is 0. The Bertz CT molecular complexity index is 560. The van der Waals surface area contributed by atoms with Crippen LogP contribution in [0.2, 0.25) is 0 Å². The van der Waals surface area contributed by atoms with Gasteiger partial charge in [0, 0.05) is 22.6 Å². The second-order valence-electron chi connectivity index (χ2n) is 6.05. The van der Waals surface area contributed by atoms with Crippen molar-refractivity contribution in [1.82, 2.24) is 0 Å². The van der Waals surface area contributed by atoms with Gasteiger partial charge in [0.05, 0.1) is 20.6 Å². The number of carboxylic acids is 1. The summed E-state index contributed by atoms with van der Waals surface area (Å²) in [6.07, 6.45) is 5.51. The topological polar surface area (TPSA) is 55.8 Å². The van der Waals surface area contributed by atoms with Crippen molar-refractivity contribution in [3.8, 4) is 11.5 Å². The van der Waals surface area contributed by atoms with Crippen LogP contribution >= 0.6 is 0 Å². The lowest BCUT2D eigenvalue weighted by atomic mass is 9.87. The Labute approximate surface area is 125 Å². The standard InChI is InChI=1S/C17H22O4/c1-20-15-8-14(13(9-16(18)19)10-6-7-10)17(21-2)12-5-3-4-11(12)15/h8,10,13H,3-7,9H2,1-2H3,(H,18,19). The van der Waals surface area contributed by atoms with Crippen molar-refractivity contribution in [2.45, 2.75) is 44.4 Å². The number of benzene rings is 1. The maximum Gasteiger partial charge on any atom is 0.303 e. The third-order valence-corrected chi connectivity index (χ3v) is 4.75. The molecule has 4 heteroatoms.